The van der Waals surface area contributed by atoms with Crippen molar-refractivity contribution in [3.05, 3.63) is 35.4 Å². The van der Waals surface area contributed by atoms with Crippen molar-refractivity contribution in [2.45, 2.75) is 25.3 Å². The van der Waals surface area contributed by atoms with E-state index in [2.05, 4.69) is 20.2 Å². The van der Waals surface area contributed by atoms with Crippen LogP contribution in [-0.2, 0) is 18.3 Å². The zero-order chi connectivity index (χ0) is 17.9. The average molecular weight is 358 g/mol. The smallest absolute Gasteiger partial charge is 0.255 e. The molecule has 8 nitrogen and oxygen atoms in total. The highest BCUT2D eigenvalue weighted by Crippen LogP contribution is 2.27. The van der Waals surface area contributed by atoms with Gasteiger partial charge in [0.25, 0.3) is 5.91 Å². The summed E-state index contributed by atoms with van der Waals surface area (Å²) in [7, 11) is 1.91. The van der Waals surface area contributed by atoms with Crippen molar-refractivity contribution < 1.29 is 9.53 Å². The first-order valence-corrected chi connectivity index (χ1v) is 9.33. The lowest BCUT2D eigenvalue weighted by atomic mass is 9.98. The lowest BCUT2D eigenvalue weighted by Gasteiger charge is -2.32. The molecule has 2 aromatic rings. The largest absolute Gasteiger partial charge is 0.379 e. The molecule has 2 aromatic heterocycles. The van der Waals surface area contributed by atoms with Gasteiger partial charge in [-0.05, 0) is 32.0 Å². The first kappa shape index (κ1) is 17.2. The monoisotopic (exact) mass is 358 g/mol. The minimum Gasteiger partial charge on any atom is -0.379 e. The van der Waals surface area contributed by atoms with Crippen LogP contribution in [0.25, 0.3) is 0 Å². The molecule has 2 aliphatic heterocycles. The van der Waals surface area contributed by atoms with E-state index in [0.717, 1.165) is 24.5 Å². The van der Waals surface area contributed by atoms with E-state index in [1.807, 2.05) is 16.6 Å². The minimum absolute atomic E-state index is 0.0182. The van der Waals surface area contributed by atoms with Crippen LogP contribution >= 0.6 is 0 Å². The number of H-pyrrole nitrogens is 1. The molecule has 0 spiro atoms. The Morgan fingerprint density at radius 2 is 2.23 bits per heavy atom. The summed E-state index contributed by atoms with van der Waals surface area (Å²) in [6.45, 7) is 5.78. The van der Waals surface area contributed by atoms with Gasteiger partial charge in [-0.3, -0.25) is 9.48 Å². The molecule has 1 fully saturated rings. The number of hydrogen-bond acceptors (Lipinski definition) is 5. The third kappa shape index (κ3) is 3.52. The van der Waals surface area contributed by atoms with E-state index in [4.69, 9.17) is 4.74 Å². The Morgan fingerprint density at radius 1 is 1.38 bits per heavy atom. The molecule has 0 bridgehead atoms. The van der Waals surface area contributed by atoms with E-state index < -0.39 is 0 Å². The maximum Gasteiger partial charge on any atom is 0.255 e. The Labute approximate surface area is 153 Å². The van der Waals surface area contributed by atoms with Gasteiger partial charge in [-0.25, -0.2) is 0 Å². The van der Waals surface area contributed by atoms with Gasteiger partial charge in [-0.1, -0.05) is 5.21 Å². The molecule has 1 N–H and O–H groups in total. The molecule has 8 heteroatoms. The van der Waals surface area contributed by atoms with Crippen LogP contribution in [0.2, 0.25) is 0 Å². The van der Waals surface area contributed by atoms with Gasteiger partial charge in [0.1, 0.15) is 5.69 Å². The van der Waals surface area contributed by atoms with Crippen molar-refractivity contribution in [1.29, 1.82) is 0 Å². The van der Waals surface area contributed by atoms with E-state index in [9.17, 15) is 4.79 Å². The first-order valence-electron chi connectivity index (χ1n) is 9.33. The SMILES string of the molecule is Cn1nnc2c1[C@H](COCCN1CCCC1)CN(C(=O)c1cc[nH]c1)C2. The highest BCUT2D eigenvalue weighted by atomic mass is 16.5. The highest BCUT2D eigenvalue weighted by Gasteiger charge is 2.33. The second-order valence-corrected chi connectivity index (χ2v) is 7.15. The molecule has 1 amide bonds. The van der Waals surface area contributed by atoms with Gasteiger partial charge >= 0.3 is 0 Å². The number of carbonyl (C=O) groups is 1. The van der Waals surface area contributed by atoms with Crippen molar-refractivity contribution in [1.82, 2.24) is 29.8 Å². The molecule has 0 radical (unpaired) electrons. The van der Waals surface area contributed by atoms with Gasteiger partial charge in [0, 0.05) is 38.4 Å². The molecular weight excluding hydrogens is 332 g/mol. The summed E-state index contributed by atoms with van der Waals surface area (Å²) in [5.41, 5.74) is 2.63. The number of aromatic nitrogens is 4. The van der Waals surface area contributed by atoms with Crippen LogP contribution < -0.4 is 0 Å². The number of hydrogen-bond donors (Lipinski definition) is 1. The quantitative estimate of drug-likeness (QED) is 0.779. The third-order valence-corrected chi connectivity index (χ3v) is 5.31. The molecule has 0 unspecified atom stereocenters. The Hall–Kier alpha value is -2.19. The molecule has 1 saturated heterocycles. The van der Waals surface area contributed by atoms with Crippen molar-refractivity contribution >= 4 is 5.91 Å². The summed E-state index contributed by atoms with van der Waals surface area (Å²) in [5, 5.41) is 8.41. The van der Waals surface area contributed by atoms with Gasteiger partial charge in [0.15, 0.2) is 0 Å². The zero-order valence-corrected chi connectivity index (χ0v) is 15.2. The molecule has 4 rings (SSSR count). The number of aryl methyl sites for hydroxylation is 1. The van der Waals surface area contributed by atoms with Crippen molar-refractivity contribution in [2.24, 2.45) is 7.05 Å². The summed E-state index contributed by atoms with van der Waals surface area (Å²) in [6, 6.07) is 1.80. The number of nitrogens with zero attached hydrogens (tertiary/aromatic N) is 5. The number of ether oxygens (including phenoxy) is 1. The fourth-order valence-electron chi connectivity index (χ4n) is 3.97. The van der Waals surface area contributed by atoms with Crippen molar-refractivity contribution in [3.8, 4) is 0 Å². The summed E-state index contributed by atoms with van der Waals surface area (Å²) >= 11 is 0. The molecule has 2 aliphatic rings. The summed E-state index contributed by atoms with van der Waals surface area (Å²) in [6.07, 6.45) is 6.09. The lowest BCUT2D eigenvalue weighted by Crippen LogP contribution is -2.40. The molecule has 4 heterocycles. The van der Waals surface area contributed by atoms with Gasteiger partial charge < -0.3 is 19.5 Å². The predicted octanol–water partition coefficient (Wildman–Crippen LogP) is 0.995. The van der Waals surface area contributed by atoms with E-state index >= 15 is 0 Å². The summed E-state index contributed by atoms with van der Waals surface area (Å²) in [4.78, 5) is 20.0. The van der Waals surface area contributed by atoms with Gasteiger partial charge in [-0.2, -0.15) is 0 Å². The summed E-state index contributed by atoms with van der Waals surface area (Å²) < 4.78 is 7.80. The van der Waals surface area contributed by atoms with Gasteiger partial charge in [-0.15, -0.1) is 5.10 Å². The standard InChI is InChI=1S/C18H26N6O2/c1-22-17-15(13-26-9-8-23-6-2-3-7-23)11-24(12-16(17)20-21-22)18(25)14-4-5-19-10-14/h4-5,10,15,19H,2-3,6-9,11-13H2,1H3/t15-/m0/s1. The fraction of sp³-hybridized carbons (Fsp3) is 0.611. The molecule has 1 atom stereocenters. The van der Waals surface area contributed by atoms with Crippen LogP contribution in [0.4, 0.5) is 0 Å². The second kappa shape index (κ2) is 7.59. The maximum atomic E-state index is 12.7. The second-order valence-electron chi connectivity index (χ2n) is 7.15. The maximum absolute atomic E-state index is 12.7. The van der Waals surface area contributed by atoms with E-state index in [0.29, 0.717) is 25.3 Å². The van der Waals surface area contributed by atoms with Crippen LogP contribution in [-0.4, -0.2) is 75.1 Å². The normalized spacial score (nSPS) is 20.5. The zero-order valence-electron chi connectivity index (χ0n) is 15.2. The van der Waals surface area contributed by atoms with Crippen molar-refractivity contribution in [2.75, 3.05) is 39.4 Å². The van der Waals surface area contributed by atoms with Gasteiger partial charge in [0.2, 0.25) is 0 Å². The minimum atomic E-state index is 0.0182. The summed E-state index contributed by atoms with van der Waals surface area (Å²) in [5.74, 6) is 0.116. The van der Waals surface area contributed by atoms with Gasteiger partial charge in [0.05, 0.1) is 31.0 Å². The van der Waals surface area contributed by atoms with Crippen LogP contribution in [0.5, 0.6) is 0 Å². The Morgan fingerprint density at radius 3 is 3.00 bits per heavy atom. The van der Waals surface area contributed by atoms with Crippen LogP contribution in [0.15, 0.2) is 18.5 Å². The van der Waals surface area contributed by atoms with Crippen LogP contribution in [0, 0.1) is 0 Å². The Bertz CT molecular complexity index is 735. The molecule has 0 aliphatic carbocycles. The van der Waals surface area contributed by atoms with Crippen LogP contribution in [0.1, 0.15) is 40.5 Å². The Balaban J connectivity index is 1.40. The number of nitrogens with one attached hydrogen (secondary N) is 1. The number of rotatable bonds is 6. The highest BCUT2D eigenvalue weighted by molar-refractivity contribution is 5.94. The van der Waals surface area contributed by atoms with E-state index in [1.54, 1.807) is 18.5 Å². The number of fused-ring (bicyclic) bond motifs is 1. The Kier molecular flexibility index (Phi) is 5.03. The number of amides is 1. The molecule has 0 aromatic carbocycles. The predicted molar refractivity (Wildman–Crippen MR) is 95.8 cm³/mol. The van der Waals surface area contributed by atoms with E-state index in [1.165, 1.54) is 25.9 Å². The van der Waals surface area contributed by atoms with Crippen LogP contribution in [0.3, 0.4) is 0 Å². The molecule has 140 valence electrons. The number of carbonyl (C=O) groups excluding carboxylic acids is 1. The third-order valence-electron chi connectivity index (χ3n) is 5.31. The number of aromatic amines is 1. The van der Waals surface area contributed by atoms with E-state index in [-0.39, 0.29) is 11.8 Å². The first-order chi connectivity index (χ1) is 12.7. The molecule has 26 heavy (non-hydrogen) atoms. The lowest BCUT2D eigenvalue weighted by molar-refractivity contribution is 0.0604. The topological polar surface area (TPSA) is 79.3 Å². The average Bonchev–Trinajstić information content (AvgIpc) is 3.40. The number of likely N-dealkylation sites (tertiary alicyclic amines) is 1. The molecule has 0 saturated carbocycles. The van der Waals surface area contributed by atoms with Crippen molar-refractivity contribution in [3.63, 3.8) is 0 Å². The fourth-order valence-corrected chi connectivity index (χ4v) is 3.97. The molecular formula is C18H26N6O2.